The highest BCUT2D eigenvalue weighted by Crippen LogP contribution is 1.94. The number of methoxy groups -OCH3 is 1. The largest absolute Gasteiger partial charge is 0.385 e. The van der Waals surface area contributed by atoms with Crippen LogP contribution in [0.25, 0.3) is 0 Å². The predicted molar refractivity (Wildman–Crippen MR) is 72.7 cm³/mol. The van der Waals surface area contributed by atoms with Gasteiger partial charge in [0.15, 0.2) is 0 Å². The Balaban J connectivity index is 0. The number of rotatable bonds is 9. The number of ether oxygens (including phenoxy) is 1. The highest BCUT2D eigenvalue weighted by atomic mass is 35.5. The molecule has 0 aromatic carbocycles. The predicted octanol–water partition coefficient (Wildman–Crippen LogP) is -0.242. The number of nitrogens with one attached hydrogen (secondary N) is 1. The lowest BCUT2D eigenvalue weighted by atomic mass is 10.3. The second-order valence-corrected chi connectivity index (χ2v) is 3.84. The number of carbonyl (C=O) groups is 2. The first-order chi connectivity index (χ1) is 8.11. The molecule has 7 heteroatoms. The van der Waals surface area contributed by atoms with E-state index in [1.165, 1.54) is 4.90 Å². The summed E-state index contributed by atoms with van der Waals surface area (Å²) >= 11 is 0. The van der Waals surface area contributed by atoms with Gasteiger partial charge in [-0.3, -0.25) is 9.59 Å². The Morgan fingerprint density at radius 1 is 1.33 bits per heavy atom. The molecule has 2 amide bonds. The molecule has 6 nitrogen and oxygen atoms in total. The average Bonchev–Trinajstić information content (AvgIpc) is 2.31. The van der Waals surface area contributed by atoms with E-state index >= 15 is 0 Å². The molecule has 3 N–H and O–H groups in total. The number of hydrogen-bond donors (Lipinski definition) is 2. The summed E-state index contributed by atoms with van der Waals surface area (Å²) < 4.78 is 4.86. The summed E-state index contributed by atoms with van der Waals surface area (Å²) in [5.41, 5.74) is 5.31. The van der Waals surface area contributed by atoms with Crippen LogP contribution in [0.5, 0.6) is 0 Å². The first-order valence-corrected chi connectivity index (χ1v) is 5.81. The van der Waals surface area contributed by atoms with E-state index in [4.69, 9.17) is 10.5 Å². The number of nitrogens with zero attached hydrogens (tertiary/aromatic N) is 1. The number of likely N-dealkylation sites (N-methyl/N-ethyl adjacent to an activating group) is 1. The topological polar surface area (TPSA) is 84.7 Å². The SMILES string of the molecule is COCCCNC(=O)CN(C)C(=O)CCCN.Cl. The van der Waals surface area contributed by atoms with Gasteiger partial charge in [-0.1, -0.05) is 0 Å². The zero-order valence-corrected chi connectivity index (χ0v) is 11.9. The van der Waals surface area contributed by atoms with Crippen LogP contribution in [-0.2, 0) is 14.3 Å². The van der Waals surface area contributed by atoms with Crippen LogP contribution in [0.4, 0.5) is 0 Å². The first kappa shape index (κ1) is 19.5. The van der Waals surface area contributed by atoms with Crippen molar-refractivity contribution in [2.24, 2.45) is 5.73 Å². The molecule has 18 heavy (non-hydrogen) atoms. The molecule has 0 bridgehead atoms. The van der Waals surface area contributed by atoms with Crippen LogP contribution in [0.1, 0.15) is 19.3 Å². The fourth-order valence-corrected chi connectivity index (χ4v) is 1.25. The molecule has 0 saturated heterocycles. The van der Waals surface area contributed by atoms with Crippen LogP contribution in [0.2, 0.25) is 0 Å². The van der Waals surface area contributed by atoms with Crippen LogP contribution in [0.15, 0.2) is 0 Å². The second kappa shape index (κ2) is 12.6. The van der Waals surface area contributed by atoms with Gasteiger partial charge in [0.05, 0.1) is 6.54 Å². The molecule has 0 aromatic rings. The molecule has 0 atom stereocenters. The Kier molecular flexibility index (Phi) is 13.6. The van der Waals surface area contributed by atoms with Crippen molar-refractivity contribution in [3.8, 4) is 0 Å². The lowest BCUT2D eigenvalue weighted by Crippen LogP contribution is -2.38. The lowest BCUT2D eigenvalue weighted by Gasteiger charge is -2.16. The standard InChI is InChI=1S/C11H23N3O3.ClH/c1-14(11(16)5-3-6-12)9-10(15)13-7-4-8-17-2;/h3-9,12H2,1-2H3,(H,13,15);1H. The highest BCUT2D eigenvalue weighted by Gasteiger charge is 2.11. The maximum absolute atomic E-state index is 11.5. The number of halogens is 1. The van der Waals surface area contributed by atoms with Crippen molar-refractivity contribution in [1.82, 2.24) is 10.2 Å². The molecule has 0 aromatic heterocycles. The summed E-state index contributed by atoms with van der Waals surface area (Å²) in [7, 11) is 3.24. The quantitative estimate of drug-likeness (QED) is 0.571. The van der Waals surface area contributed by atoms with Gasteiger partial charge < -0.3 is 20.7 Å². The van der Waals surface area contributed by atoms with E-state index in [2.05, 4.69) is 5.32 Å². The van der Waals surface area contributed by atoms with Gasteiger partial charge in [0.1, 0.15) is 0 Å². The van der Waals surface area contributed by atoms with Gasteiger partial charge in [0.25, 0.3) is 0 Å². The van der Waals surface area contributed by atoms with E-state index in [1.54, 1.807) is 14.2 Å². The Hall–Kier alpha value is -0.850. The van der Waals surface area contributed by atoms with Gasteiger partial charge in [-0.05, 0) is 19.4 Å². The van der Waals surface area contributed by atoms with Crippen molar-refractivity contribution in [1.29, 1.82) is 0 Å². The normalized spacial score (nSPS) is 9.50. The van der Waals surface area contributed by atoms with Gasteiger partial charge in [-0.15, -0.1) is 12.4 Å². The third kappa shape index (κ3) is 10.3. The Morgan fingerprint density at radius 3 is 2.56 bits per heavy atom. The zero-order valence-electron chi connectivity index (χ0n) is 11.1. The highest BCUT2D eigenvalue weighted by molar-refractivity contribution is 5.85. The van der Waals surface area contributed by atoms with E-state index in [0.29, 0.717) is 32.5 Å². The molecule has 108 valence electrons. The number of hydrogen-bond acceptors (Lipinski definition) is 4. The number of amides is 2. The summed E-state index contributed by atoms with van der Waals surface area (Å²) in [6.07, 6.45) is 1.82. The minimum atomic E-state index is -0.148. The minimum absolute atomic E-state index is 0. The van der Waals surface area contributed by atoms with Crippen LogP contribution in [-0.4, -0.2) is 57.1 Å². The fourth-order valence-electron chi connectivity index (χ4n) is 1.25. The average molecular weight is 282 g/mol. The molecule has 0 unspecified atom stereocenters. The van der Waals surface area contributed by atoms with Crippen LogP contribution >= 0.6 is 12.4 Å². The molecular formula is C11H24ClN3O3. The van der Waals surface area contributed by atoms with E-state index in [-0.39, 0.29) is 30.8 Å². The molecule has 0 aliphatic heterocycles. The molecule has 0 aliphatic rings. The molecule has 0 fully saturated rings. The van der Waals surface area contributed by atoms with Gasteiger partial charge >= 0.3 is 0 Å². The van der Waals surface area contributed by atoms with Crippen LogP contribution in [0, 0.1) is 0 Å². The maximum atomic E-state index is 11.5. The Labute approximate surface area is 115 Å². The zero-order chi connectivity index (χ0) is 13.1. The van der Waals surface area contributed by atoms with E-state index in [1.807, 2.05) is 0 Å². The van der Waals surface area contributed by atoms with Crippen LogP contribution in [0.3, 0.4) is 0 Å². The fraction of sp³-hybridized carbons (Fsp3) is 0.818. The van der Waals surface area contributed by atoms with E-state index < -0.39 is 0 Å². The molecule has 0 rings (SSSR count). The number of carbonyl (C=O) groups excluding carboxylic acids is 2. The van der Waals surface area contributed by atoms with E-state index in [0.717, 1.165) is 6.42 Å². The summed E-state index contributed by atoms with van der Waals surface area (Å²) in [6, 6.07) is 0. The molecule has 0 radical (unpaired) electrons. The monoisotopic (exact) mass is 281 g/mol. The Bertz CT molecular complexity index is 240. The minimum Gasteiger partial charge on any atom is -0.385 e. The van der Waals surface area contributed by atoms with E-state index in [9.17, 15) is 9.59 Å². The summed E-state index contributed by atoms with van der Waals surface area (Å²) in [4.78, 5) is 24.3. The Morgan fingerprint density at radius 2 is 2.00 bits per heavy atom. The van der Waals surface area contributed by atoms with Gasteiger partial charge in [-0.25, -0.2) is 0 Å². The van der Waals surface area contributed by atoms with Crippen molar-refractivity contribution in [2.45, 2.75) is 19.3 Å². The van der Waals surface area contributed by atoms with Crippen molar-refractivity contribution < 1.29 is 14.3 Å². The summed E-state index contributed by atoms with van der Waals surface area (Å²) in [5, 5.41) is 2.72. The smallest absolute Gasteiger partial charge is 0.239 e. The first-order valence-electron chi connectivity index (χ1n) is 5.81. The number of nitrogens with two attached hydrogens (primary N) is 1. The summed E-state index contributed by atoms with van der Waals surface area (Å²) in [5.74, 6) is -0.202. The lowest BCUT2D eigenvalue weighted by molar-refractivity contribution is -0.134. The second-order valence-electron chi connectivity index (χ2n) is 3.84. The molecule has 0 heterocycles. The van der Waals surface area contributed by atoms with Crippen molar-refractivity contribution in [2.75, 3.05) is 40.4 Å². The molecule has 0 aliphatic carbocycles. The van der Waals surface area contributed by atoms with Crippen molar-refractivity contribution in [3.63, 3.8) is 0 Å². The molecular weight excluding hydrogens is 258 g/mol. The molecule has 0 saturated carbocycles. The van der Waals surface area contributed by atoms with Crippen molar-refractivity contribution in [3.05, 3.63) is 0 Å². The van der Waals surface area contributed by atoms with Gasteiger partial charge in [0, 0.05) is 33.7 Å². The van der Waals surface area contributed by atoms with Crippen molar-refractivity contribution >= 4 is 24.2 Å². The van der Waals surface area contributed by atoms with Crippen LogP contribution < -0.4 is 11.1 Å². The molecule has 0 spiro atoms. The maximum Gasteiger partial charge on any atom is 0.239 e. The van der Waals surface area contributed by atoms with Gasteiger partial charge in [-0.2, -0.15) is 0 Å². The summed E-state index contributed by atoms with van der Waals surface area (Å²) in [6.45, 7) is 1.77. The third-order valence-electron chi connectivity index (χ3n) is 2.25. The third-order valence-corrected chi connectivity index (χ3v) is 2.25. The van der Waals surface area contributed by atoms with Gasteiger partial charge in [0.2, 0.25) is 11.8 Å².